The van der Waals surface area contributed by atoms with Crippen molar-refractivity contribution in [3.63, 3.8) is 0 Å². The molecule has 0 radical (unpaired) electrons. The summed E-state index contributed by atoms with van der Waals surface area (Å²) >= 11 is 12.0. The van der Waals surface area contributed by atoms with Crippen LogP contribution in [0.3, 0.4) is 0 Å². The van der Waals surface area contributed by atoms with E-state index in [0.717, 1.165) is 22.4 Å². The van der Waals surface area contributed by atoms with Gasteiger partial charge in [-0.2, -0.15) is 0 Å². The Labute approximate surface area is 221 Å². The molecule has 4 aromatic rings. The summed E-state index contributed by atoms with van der Waals surface area (Å²) in [6.45, 7) is 0.706. The summed E-state index contributed by atoms with van der Waals surface area (Å²) in [5.74, 6) is 0.496. The van der Waals surface area contributed by atoms with Crippen LogP contribution >= 0.6 is 23.2 Å². The molecule has 0 aromatic heterocycles. The third-order valence-electron chi connectivity index (χ3n) is 5.27. The number of carboxylic acids is 1. The van der Waals surface area contributed by atoms with Gasteiger partial charge < -0.3 is 20.9 Å². The molecule has 0 spiro atoms. The summed E-state index contributed by atoms with van der Waals surface area (Å²) in [5.41, 5.74) is 9.71. The van der Waals surface area contributed by atoms with E-state index in [-0.39, 0.29) is 0 Å². The van der Waals surface area contributed by atoms with Crippen LogP contribution in [-0.4, -0.2) is 24.2 Å². The SMILES string of the molecule is CNCc1cc(-c2ccccc2)ccc1Oc1ccc(Cl)c(Cl)c1.N[C@@H](Cc1ccccc1)C(=O)O. The van der Waals surface area contributed by atoms with Crippen LogP contribution in [0.2, 0.25) is 10.0 Å². The zero-order valence-corrected chi connectivity index (χ0v) is 21.3. The second-order valence-electron chi connectivity index (χ2n) is 8.03. The fourth-order valence-corrected chi connectivity index (χ4v) is 3.73. The molecule has 5 nitrogen and oxygen atoms in total. The van der Waals surface area contributed by atoms with E-state index in [2.05, 4.69) is 29.6 Å². The van der Waals surface area contributed by atoms with Crippen molar-refractivity contribution < 1.29 is 14.6 Å². The quantitative estimate of drug-likeness (QED) is 0.236. The van der Waals surface area contributed by atoms with Gasteiger partial charge in [0.15, 0.2) is 0 Å². The van der Waals surface area contributed by atoms with E-state index >= 15 is 0 Å². The van der Waals surface area contributed by atoms with E-state index < -0.39 is 12.0 Å². The number of aliphatic carboxylic acids is 1. The van der Waals surface area contributed by atoms with Gasteiger partial charge in [0.05, 0.1) is 10.0 Å². The van der Waals surface area contributed by atoms with Crippen molar-refractivity contribution in [1.82, 2.24) is 5.32 Å². The highest BCUT2D eigenvalue weighted by Gasteiger charge is 2.11. The Morgan fingerprint density at radius 2 is 1.56 bits per heavy atom. The maximum Gasteiger partial charge on any atom is 0.320 e. The van der Waals surface area contributed by atoms with Crippen molar-refractivity contribution >= 4 is 29.2 Å². The lowest BCUT2D eigenvalue weighted by molar-refractivity contribution is -0.138. The highest BCUT2D eigenvalue weighted by atomic mass is 35.5. The number of hydrogen-bond donors (Lipinski definition) is 3. The van der Waals surface area contributed by atoms with E-state index in [1.54, 1.807) is 12.1 Å². The van der Waals surface area contributed by atoms with E-state index in [9.17, 15) is 4.79 Å². The third-order valence-corrected chi connectivity index (χ3v) is 6.01. The summed E-state index contributed by atoms with van der Waals surface area (Å²) in [6.07, 6.45) is 0.385. The molecule has 4 rings (SSSR count). The molecule has 0 heterocycles. The molecule has 186 valence electrons. The summed E-state index contributed by atoms with van der Waals surface area (Å²) in [5, 5.41) is 12.7. The van der Waals surface area contributed by atoms with Crippen LogP contribution in [0.5, 0.6) is 11.5 Å². The number of carbonyl (C=O) groups is 1. The predicted octanol–water partition coefficient (Wildman–Crippen LogP) is 6.81. The summed E-state index contributed by atoms with van der Waals surface area (Å²) in [6, 6.07) is 30.3. The number of benzene rings is 4. The Hall–Kier alpha value is -3.35. The molecule has 0 amide bonds. The standard InChI is InChI=1S/C20H17Cl2NO.C9H11NO2/c1-23-13-16-11-15(14-5-3-2-4-6-14)7-10-20(16)24-17-8-9-18(21)19(22)12-17;10-8(9(11)12)6-7-4-2-1-3-5-7/h2-12,23H,13H2,1H3;1-5,8H,6,10H2,(H,11,12)/t;8-/m.0/s1. The number of nitrogens with two attached hydrogens (primary N) is 1. The normalized spacial score (nSPS) is 11.2. The lowest BCUT2D eigenvalue weighted by Gasteiger charge is -2.13. The molecule has 0 unspecified atom stereocenters. The summed E-state index contributed by atoms with van der Waals surface area (Å²) < 4.78 is 6.01. The van der Waals surface area contributed by atoms with E-state index in [0.29, 0.717) is 28.8 Å². The minimum atomic E-state index is -0.959. The molecule has 0 bridgehead atoms. The van der Waals surface area contributed by atoms with E-state index in [1.807, 2.05) is 67.7 Å². The monoisotopic (exact) mass is 522 g/mol. The first-order valence-corrected chi connectivity index (χ1v) is 12.1. The Bertz CT molecular complexity index is 1270. The molecule has 1 atom stereocenters. The van der Waals surface area contributed by atoms with Crippen molar-refractivity contribution in [2.75, 3.05) is 7.05 Å². The molecule has 36 heavy (non-hydrogen) atoms. The maximum atomic E-state index is 10.4. The van der Waals surface area contributed by atoms with E-state index in [4.69, 9.17) is 38.8 Å². The Kier molecular flexibility index (Phi) is 10.3. The van der Waals surface area contributed by atoms with Gasteiger partial charge >= 0.3 is 5.97 Å². The Morgan fingerprint density at radius 1 is 0.889 bits per heavy atom. The lowest BCUT2D eigenvalue weighted by atomic mass is 10.0. The molecule has 0 saturated heterocycles. The molecule has 0 saturated carbocycles. The Morgan fingerprint density at radius 3 is 2.17 bits per heavy atom. The van der Waals surface area contributed by atoms with Crippen molar-refractivity contribution in [2.24, 2.45) is 5.73 Å². The van der Waals surface area contributed by atoms with Crippen LogP contribution in [0.1, 0.15) is 11.1 Å². The van der Waals surface area contributed by atoms with Gasteiger partial charge in [0, 0.05) is 18.2 Å². The largest absolute Gasteiger partial charge is 0.480 e. The fourth-order valence-electron chi connectivity index (χ4n) is 3.44. The van der Waals surface area contributed by atoms with Crippen LogP contribution < -0.4 is 15.8 Å². The molecular weight excluding hydrogens is 495 g/mol. The molecule has 0 aliphatic rings. The fraction of sp³-hybridized carbons (Fsp3) is 0.138. The van der Waals surface area contributed by atoms with Crippen LogP contribution in [0.25, 0.3) is 11.1 Å². The lowest BCUT2D eigenvalue weighted by Crippen LogP contribution is -2.32. The number of hydrogen-bond acceptors (Lipinski definition) is 4. The number of rotatable bonds is 8. The molecule has 0 fully saturated rings. The Balaban J connectivity index is 0.000000253. The van der Waals surface area contributed by atoms with Crippen LogP contribution in [-0.2, 0) is 17.8 Å². The highest BCUT2D eigenvalue weighted by Crippen LogP contribution is 2.33. The third kappa shape index (κ3) is 8.11. The maximum absolute atomic E-state index is 10.4. The first kappa shape index (κ1) is 27.2. The molecule has 7 heteroatoms. The molecule has 4 N–H and O–H groups in total. The van der Waals surface area contributed by atoms with Crippen LogP contribution in [0.4, 0.5) is 0 Å². The van der Waals surface area contributed by atoms with Crippen molar-refractivity contribution in [3.8, 4) is 22.6 Å². The van der Waals surface area contributed by atoms with E-state index in [1.165, 1.54) is 5.56 Å². The van der Waals surface area contributed by atoms with Crippen LogP contribution in [0.15, 0.2) is 97.1 Å². The van der Waals surface area contributed by atoms with Gasteiger partial charge in [-0.1, -0.05) is 89.9 Å². The zero-order valence-electron chi connectivity index (χ0n) is 19.8. The second kappa shape index (κ2) is 13.7. The van der Waals surface area contributed by atoms with Gasteiger partial charge in [-0.3, -0.25) is 4.79 Å². The number of halogens is 2. The smallest absolute Gasteiger partial charge is 0.320 e. The number of ether oxygens (including phenoxy) is 1. The molecule has 0 aliphatic heterocycles. The molecule has 0 aliphatic carbocycles. The first-order valence-electron chi connectivity index (χ1n) is 11.4. The summed E-state index contributed by atoms with van der Waals surface area (Å²) in [7, 11) is 1.91. The average molecular weight is 523 g/mol. The molecule has 4 aromatic carbocycles. The van der Waals surface area contributed by atoms with Crippen molar-refractivity contribution in [2.45, 2.75) is 19.0 Å². The average Bonchev–Trinajstić information content (AvgIpc) is 2.89. The van der Waals surface area contributed by atoms with Gasteiger partial charge in [0.2, 0.25) is 0 Å². The van der Waals surface area contributed by atoms with Gasteiger partial charge in [-0.15, -0.1) is 0 Å². The van der Waals surface area contributed by atoms with Crippen molar-refractivity contribution in [1.29, 1.82) is 0 Å². The van der Waals surface area contributed by atoms with Crippen molar-refractivity contribution in [3.05, 3.63) is 118 Å². The van der Waals surface area contributed by atoms with Gasteiger partial charge in [0.1, 0.15) is 17.5 Å². The zero-order chi connectivity index (χ0) is 25.9. The van der Waals surface area contributed by atoms with Crippen LogP contribution in [0, 0.1) is 0 Å². The summed E-state index contributed by atoms with van der Waals surface area (Å²) in [4.78, 5) is 10.4. The second-order valence-corrected chi connectivity index (χ2v) is 8.85. The minimum Gasteiger partial charge on any atom is -0.480 e. The molecular formula is C29H28Cl2N2O3. The van der Waals surface area contributed by atoms with Gasteiger partial charge in [0.25, 0.3) is 0 Å². The topological polar surface area (TPSA) is 84.6 Å². The number of nitrogens with one attached hydrogen (secondary N) is 1. The number of carboxylic acid groups (broad SMARTS) is 1. The minimum absolute atomic E-state index is 0.385. The van der Waals surface area contributed by atoms with Gasteiger partial charge in [-0.25, -0.2) is 0 Å². The first-order chi connectivity index (χ1) is 17.4. The predicted molar refractivity (Wildman–Crippen MR) is 147 cm³/mol. The highest BCUT2D eigenvalue weighted by molar-refractivity contribution is 6.42. The van der Waals surface area contributed by atoms with Gasteiger partial charge in [-0.05, 0) is 54.4 Å².